The van der Waals surface area contributed by atoms with Gasteiger partial charge in [-0.05, 0) is 37.1 Å². The first-order valence-electron chi connectivity index (χ1n) is 5.93. The number of halogens is 1. The molecule has 0 fully saturated rings. The Morgan fingerprint density at radius 3 is 2.68 bits per heavy atom. The van der Waals surface area contributed by atoms with E-state index in [1.165, 1.54) is 5.56 Å². The van der Waals surface area contributed by atoms with Crippen LogP contribution in [0.2, 0.25) is 0 Å². The van der Waals surface area contributed by atoms with Gasteiger partial charge >= 0.3 is 0 Å². The quantitative estimate of drug-likeness (QED) is 0.941. The third-order valence-corrected chi connectivity index (χ3v) is 3.43. The average Bonchev–Trinajstić information content (AvgIpc) is 2.42. The predicted octanol–water partition coefficient (Wildman–Crippen LogP) is 3.15. The molecule has 1 unspecified atom stereocenters. The number of nitriles is 1. The summed E-state index contributed by atoms with van der Waals surface area (Å²) in [5, 5.41) is 19.7. The number of nitrogens with one attached hydrogen (secondary N) is 1. The molecular weight excluding hydrogens is 304 g/mol. The maximum absolute atomic E-state index is 8.66. The zero-order chi connectivity index (χ0) is 13.7. The maximum atomic E-state index is 8.66. The molecule has 1 aromatic carbocycles. The van der Waals surface area contributed by atoms with Crippen molar-refractivity contribution in [2.24, 2.45) is 0 Å². The fourth-order valence-electron chi connectivity index (χ4n) is 1.77. The number of aromatic nitrogens is 2. The van der Waals surface area contributed by atoms with Crippen LogP contribution >= 0.6 is 15.9 Å². The maximum Gasteiger partial charge on any atom is 0.163 e. The van der Waals surface area contributed by atoms with Gasteiger partial charge in [0.25, 0.3) is 0 Å². The number of hydrogen-bond donors (Lipinski definition) is 1. The van der Waals surface area contributed by atoms with E-state index in [2.05, 4.69) is 44.4 Å². The molecule has 1 aromatic heterocycles. The summed E-state index contributed by atoms with van der Waals surface area (Å²) >= 11 is 3.54. The van der Waals surface area contributed by atoms with Crippen LogP contribution in [0.25, 0.3) is 0 Å². The van der Waals surface area contributed by atoms with Crippen molar-refractivity contribution in [3.05, 3.63) is 52.1 Å². The van der Waals surface area contributed by atoms with E-state index in [4.69, 9.17) is 5.26 Å². The lowest BCUT2D eigenvalue weighted by Crippen LogP contribution is -2.19. The van der Waals surface area contributed by atoms with E-state index in [1.807, 2.05) is 24.3 Å². The fourth-order valence-corrected chi connectivity index (χ4v) is 2.21. The van der Waals surface area contributed by atoms with Crippen molar-refractivity contribution in [1.82, 2.24) is 10.2 Å². The average molecular weight is 317 g/mol. The molecule has 1 heterocycles. The summed E-state index contributed by atoms with van der Waals surface area (Å²) in [5.41, 5.74) is 1.56. The van der Waals surface area contributed by atoms with Gasteiger partial charge < -0.3 is 5.32 Å². The first kappa shape index (κ1) is 13.5. The minimum Gasteiger partial charge on any atom is -0.366 e. The van der Waals surface area contributed by atoms with E-state index in [1.54, 1.807) is 12.1 Å². The van der Waals surface area contributed by atoms with Crippen LogP contribution in [0.4, 0.5) is 5.82 Å². The molecule has 0 spiro atoms. The zero-order valence-electron chi connectivity index (χ0n) is 10.5. The molecule has 2 rings (SSSR count). The Labute approximate surface area is 120 Å². The summed E-state index contributed by atoms with van der Waals surface area (Å²) in [4.78, 5) is 0. The predicted molar refractivity (Wildman–Crippen MR) is 77.7 cm³/mol. The molecule has 5 heteroatoms. The van der Waals surface area contributed by atoms with Crippen molar-refractivity contribution in [2.75, 3.05) is 5.32 Å². The van der Waals surface area contributed by atoms with E-state index in [-0.39, 0.29) is 6.04 Å². The van der Waals surface area contributed by atoms with Gasteiger partial charge in [-0.15, -0.1) is 10.2 Å². The number of benzene rings is 1. The van der Waals surface area contributed by atoms with Crippen molar-refractivity contribution in [2.45, 2.75) is 19.4 Å². The molecule has 0 saturated heterocycles. The Kier molecular flexibility index (Phi) is 4.48. The monoisotopic (exact) mass is 316 g/mol. The Hall–Kier alpha value is -1.93. The molecule has 4 nitrogen and oxygen atoms in total. The van der Waals surface area contributed by atoms with Crippen LogP contribution in [0.5, 0.6) is 0 Å². The summed E-state index contributed by atoms with van der Waals surface area (Å²) in [6, 6.07) is 13.7. The lowest BCUT2D eigenvalue weighted by Gasteiger charge is -2.14. The lowest BCUT2D eigenvalue weighted by atomic mass is 10.1. The number of nitrogens with zero attached hydrogens (tertiary/aromatic N) is 3. The van der Waals surface area contributed by atoms with Gasteiger partial charge in [0.1, 0.15) is 11.9 Å². The molecule has 0 bridgehead atoms. The molecular formula is C14H13BrN4. The van der Waals surface area contributed by atoms with Gasteiger partial charge in [0, 0.05) is 10.5 Å². The molecule has 0 amide bonds. The summed E-state index contributed by atoms with van der Waals surface area (Å²) in [5.74, 6) is 0.679. The topological polar surface area (TPSA) is 61.6 Å². The molecule has 0 saturated carbocycles. The third-order valence-electron chi connectivity index (χ3n) is 2.66. The largest absolute Gasteiger partial charge is 0.366 e. The zero-order valence-corrected chi connectivity index (χ0v) is 12.1. The molecule has 0 aliphatic heterocycles. The van der Waals surface area contributed by atoms with Gasteiger partial charge in [-0.2, -0.15) is 5.26 Å². The summed E-state index contributed by atoms with van der Waals surface area (Å²) in [6.07, 6.45) is 0.878. The van der Waals surface area contributed by atoms with E-state index in [0.717, 1.165) is 10.9 Å². The Balaban J connectivity index is 1.99. The molecule has 1 N–H and O–H groups in total. The number of hydrogen-bond acceptors (Lipinski definition) is 4. The van der Waals surface area contributed by atoms with Crippen molar-refractivity contribution < 1.29 is 0 Å². The van der Waals surface area contributed by atoms with Crippen molar-refractivity contribution in [3.63, 3.8) is 0 Å². The molecule has 0 aliphatic carbocycles. The van der Waals surface area contributed by atoms with Gasteiger partial charge in [0.05, 0.1) is 0 Å². The molecule has 19 heavy (non-hydrogen) atoms. The molecule has 96 valence electrons. The van der Waals surface area contributed by atoms with Gasteiger partial charge in [-0.1, -0.05) is 34.1 Å². The minimum absolute atomic E-state index is 0.223. The minimum atomic E-state index is 0.223. The second-order valence-corrected chi connectivity index (χ2v) is 5.11. The van der Waals surface area contributed by atoms with E-state index in [9.17, 15) is 0 Å². The number of rotatable bonds is 4. The fraction of sp³-hybridized carbons (Fsp3) is 0.214. The summed E-state index contributed by atoms with van der Waals surface area (Å²) < 4.78 is 1.11. The Morgan fingerprint density at radius 2 is 2.05 bits per heavy atom. The van der Waals surface area contributed by atoms with Crippen molar-refractivity contribution >= 4 is 21.7 Å². The highest BCUT2D eigenvalue weighted by Crippen LogP contribution is 2.18. The van der Waals surface area contributed by atoms with Gasteiger partial charge in [0.2, 0.25) is 0 Å². The summed E-state index contributed by atoms with van der Waals surface area (Å²) in [6.45, 7) is 2.08. The molecule has 1 atom stereocenters. The smallest absolute Gasteiger partial charge is 0.163 e. The van der Waals surface area contributed by atoms with Crippen LogP contribution in [0.3, 0.4) is 0 Å². The Bertz CT molecular complexity index is 589. The highest BCUT2D eigenvalue weighted by Gasteiger charge is 2.07. The van der Waals surface area contributed by atoms with Crippen LogP contribution in [-0.2, 0) is 6.42 Å². The van der Waals surface area contributed by atoms with Crippen molar-refractivity contribution in [3.8, 4) is 6.07 Å². The van der Waals surface area contributed by atoms with Crippen LogP contribution in [0.1, 0.15) is 18.2 Å². The summed E-state index contributed by atoms with van der Waals surface area (Å²) in [7, 11) is 0. The van der Waals surface area contributed by atoms with Crippen LogP contribution in [0, 0.1) is 11.3 Å². The SMILES string of the molecule is CC(Cc1ccccc1Br)Nc1ccc(C#N)nn1. The first-order chi connectivity index (χ1) is 9.19. The highest BCUT2D eigenvalue weighted by molar-refractivity contribution is 9.10. The van der Waals surface area contributed by atoms with Crippen LogP contribution in [0.15, 0.2) is 40.9 Å². The van der Waals surface area contributed by atoms with Crippen LogP contribution < -0.4 is 5.32 Å². The van der Waals surface area contributed by atoms with E-state index in [0.29, 0.717) is 11.5 Å². The van der Waals surface area contributed by atoms with Crippen LogP contribution in [-0.4, -0.2) is 16.2 Å². The molecule has 0 aliphatic rings. The standard InChI is InChI=1S/C14H13BrN4/c1-10(8-11-4-2-3-5-13(11)15)17-14-7-6-12(9-16)18-19-14/h2-7,10H,8H2,1H3,(H,17,19). The van der Waals surface area contributed by atoms with Gasteiger partial charge in [-0.25, -0.2) is 0 Å². The second kappa shape index (κ2) is 6.30. The van der Waals surface area contributed by atoms with E-state index >= 15 is 0 Å². The van der Waals surface area contributed by atoms with E-state index < -0.39 is 0 Å². The molecule has 2 aromatic rings. The van der Waals surface area contributed by atoms with Crippen molar-refractivity contribution in [1.29, 1.82) is 5.26 Å². The van der Waals surface area contributed by atoms with Gasteiger partial charge in [0.15, 0.2) is 5.69 Å². The Morgan fingerprint density at radius 1 is 1.26 bits per heavy atom. The molecule has 0 radical (unpaired) electrons. The normalized spacial score (nSPS) is 11.6. The second-order valence-electron chi connectivity index (χ2n) is 4.26. The van der Waals surface area contributed by atoms with Gasteiger partial charge in [-0.3, -0.25) is 0 Å². The first-order valence-corrected chi connectivity index (χ1v) is 6.72. The third kappa shape index (κ3) is 3.76. The highest BCUT2D eigenvalue weighted by atomic mass is 79.9. The number of anilines is 1. The lowest BCUT2D eigenvalue weighted by molar-refractivity contribution is 0.776.